The predicted octanol–water partition coefficient (Wildman–Crippen LogP) is 3.36. The minimum absolute atomic E-state index is 0.124. The molecule has 1 heterocycles. The summed E-state index contributed by atoms with van der Waals surface area (Å²) >= 11 is 0. The molecular weight excluding hydrogens is 304 g/mol. The molecule has 1 amide bonds. The van der Waals surface area contributed by atoms with Gasteiger partial charge in [0.25, 0.3) is 5.91 Å². The first-order chi connectivity index (χ1) is 11.4. The summed E-state index contributed by atoms with van der Waals surface area (Å²) in [6.07, 6.45) is 5.24. The number of aromatic amines is 1. The second-order valence-electron chi connectivity index (χ2n) is 7.45. The van der Waals surface area contributed by atoms with Gasteiger partial charge in [0.15, 0.2) is 0 Å². The number of ether oxygens (including phenoxy) is 1. The van der Waals surface area contributed by atoms with E-state index in [1.54, 1.807) is 20.8 Å². The van der Waals surface area contributed by atoms with E-state index in [1.165, 1.54) is 25.7 Å². The first kappa shape index (κ1) is 17.1. The van der Waals surface area contributed by atoms with Crippen molar-refractivity contribution in [1.29, 1.82) is 0 Å². The molecule has 2 aliphatic rings. The smallest absolute Gasteiger partial charge is 0.340 e. The van der Waals surface area contributed by atoms with E-state index >= 15 is 0 Å². The number of carbonyl (C=O) groups is 2. The number of amides is 1. The molecule has 2 bridgehead atoms. The van der Waals surface area contributed by atoms with Gasteiger partial charge in [0.2, 0.25) is 0 Å². The summed E-state index contributed by atoms with van der Waals surface area (Å²) in [4.78, 5) is 27.8. The molecule has 0 unspecified atom stereocenters. The highest BCUT2D eigenvalue weighted by Gasteiger charge is 2.42. The number of fused-ring (bicyclic) bond motifs is 2. The third-order valence-corrected chi connectivity index (χ3v) is 5.94. The molecule has 1 aromatic heterocycles. The molecule has 0 radical (unpaired) electrons. The molecule has 5 heteroatoms. The number of carbonyl (C=O) groups excluding carboxylic acids is 2. The van der Waals surface area contributed by atoms with Gasteiger partial charge in [0.05, 0.1) is 12.2 Å². The lowest BCUT2D eigenvalue weighted by Crippen LogP contribution is -2.40. The van der Waals surface area contributed by atoms with E-state index in [1.807, 2.05) is 0 Å². The Labute approximate surface area is 143 Å². The fourth-order valence-corrected chi connectivity index (χ4v) is 4.78. The number of aryl methyl sites for hydroxylation is 1. The predicted molar refractivity (Wildman–Crippen MR) is 92.1 cm³/mol. The third kappa shape index (κ3) is 2.96. The van der Waals surface area contributed by atoms with Gasteiger partial charge in [0.1, 0.15) is 5.69 Å². The van der Waals surface area contributed by atoms with Crippen LogP contribution in [0.1, 0.15) is 71.6 Å². The van der Waals surface area contributed by atoms with Crippen LogP contribution in [-0.2, 0) is 4.74 Å². The van der Waals surface area contributed by atoms with Crippen molar-refractivity contribution in [3.8, 4) is 0 Å². The number of hydrogen-bond acceptors (Lipinski definition) is 3. The van der Waals surface area contributed by atoms with Crippen molar-refractivity contribution in [2.24, 2.45) is 17.8 Å². The van der Waals surface area contributed by atoms with Crippen LogP contribution in [0.4, 0.5) is 0 Å². The van der Waals surface area contributed by atoms with Crippen molar-refractivity contribution in [3.05, 3.63) is 22.5 Å². The van der Waals surface area contributed by atoms with Gasteiger partial charge in [-0.15, -0.1) is 0 Å². The largest absolute Gasteiger partial charge is 0.462 e. The van der Waals surface area contributed by atoms with Crippen molar-refractivity contribution in [2.75, 3.05) is 6.61 Å². The zero-order chi connectivity index (χ0) is 17.4. The Kier molecular flexibility index (Phi) is 4.70. The molecule has 132 valence electrons. The highest BCUT2D eigenvalue weighted by Crippen LogP contribution is 2.49. The van der Waals surface area contributed by atoms with Crippen LogP contribution in [0, 0.1) is 31.6 Å². The quantitative estimate of drug-likeness (QED) is 0.812. The van der Waals surface area contributed by atoms with Gasteiger partial charge in [0, 0.05) is 11.7 Å². The Hall–Kier alpha value is -1.78. The molecule has 1 aromatic rings. The molecule has 2 fully saturated rings. The molecule has 2 aliphatic carbocycles. The van der Waals surface area contributed by atoms with Gasteiger partial charge in [-0.2, -0.15) is 0 Å². The molecule has 0 spiro atoms. The monoisotopic (exact) mass is 332 g/mol. The molecule has 0 aromatic carbocycles. The lowest BCUT2D eigenvalue weighted by Gasteiger charge is -2.28. The minimum atomic E-state index is -0.371. The van der Waals surface area contributed by atoms with Crippen LogP contribution in [0.5, 0.6) is 0 Å². The number of esters is 1. The second-order valence-corrected chi connectivity index (χ2v) is 7.45. The van der Waals surface area contributed by atoms with Gasteiger partial charge < -0.3 is 15.0 Å². The van der Waals surface area contributed by atoms with E-state index in [0.717, 1.165) is 11.8 Å². The van der Waals surface area contributed by atoms with E-state index in [0.29, 0.717) is 35.0 Å². The van der Waals surface area contributed by atoms with Crippen molar-refractivity contribution in [3.63, 3.8) is 0 Å². The normalized spacial score (nSPS) is 26.4. The highest BCUT2D eigenvalue weighted by atomic mass is 16.5. The average molecular weight is 332 g/mol. The van der Waals surface area contributed by atoms with Gasteiger partial charge in [-0.05, 0) is 70.3 Å². The summed E-state index contributed by atoms with van der Waals surface area (Å²) in [6, 6.07) is 0.168. The lowest BCUT2D eigenvalue weighted by molar-refractivity contribution is 0.0525. The number of H-pyrrole nitrogens is 1. The number of nitrogens with one attached hydrogen (secondary N) is 2. The maximum atomic E-state index is 12.7. The number of rotatable bonds is 5. The van der Waals surface area contributed by atoms with Crippen LogP contribution < -0.4 is 5.32 Å². The van der Waals surface area contributed by atoms with Crippen LogP contribution >= 0.6 is 0 Å². The van der Waals surface area contributed by atoms with E-state index in [-0.39, 0.29) is 17.9 Å². The van der Waals surface area contributed by atoms with Gasteiger partial charge in [-0.3, -0.25) is 4.79 Å². The molecule has 2 saturated carbocycles. The van der Waals surface area contributed by atoms with E-state index in [4.69, 9.17) is 4.74 Å². The zero-order valence-electron chi connectivity index (χ0n) is 15.1. The van der Waals surface area contributed by atoms with Crippen LogP contribution in [0.15, 0.2) is 0 Å². The molecule has 4 atom stereocenters. The topological polar surface area (TPSA) is 71.2 Å². The van der Waals surface area contributed by atoms with Crippen molar-refractivity contribution in [1.82, 2.24) is 10.3 Å². The Morgan fingerprint density at radius 3 is 2.62 bits per heavy atom. The molecule has 0 aliphatic heterocycles. The molecule has 24 heavy (non-hydrogen) atoms. The zero-order valence-corrected chi connectivity index (χ0v) is 15.1. The first-order valence-electron chi connectivity index (χ1n) is 9.09. The first-order valence-corrected chi connectivity index (χ1v) is 9.09. The van der Waals surface area contributed by atoms with Crippen molar-refractivity contribution in [2.45, 2.75) is 59.4 Å². The third-order valence-electron chi connectivity index (χ3n) is 5.94. The van der Waals surface area contributed by atoms with E-state index in [9.17, 15) is 9.59 Å². The van der Waals surface area contributed by atoms with Gasteiger partial charge in [-0.25, -0.2) is 4.79 Å². The summed E-state index contributed by atoms with van der Waals surface area (Å²) in [5.41, 5.74) is 2.31. The second kappa shape index (κ2) is 6.61. The van der Waals surface area contributed by atoms with E-state index < -0.39 is 0 Å². The number of aromatic nitrogens is 1. The molecular formula is C19H28N2O3. The standard InChI is InChI=1S/C19H28N2O3/c1-5-24-19(23)16-10(2)17(20-12(16)4)18(22)21-11(3)15-9-13-6-7-14(15)8-13/h11,13-15,20H,5-9H2,1-4H3,(H,21,22)/t11-,13+,14+,15+/m1/s1. The van der Waals surface area contributed by atoms with Crippen LogP contribution in [-0.4, -0.2) is 29.5 Å². The highest BCUT2D eigenvalue weighted by molar-refractivity contribution is 6.00. The SMILES string of the molecule is CCOC(=O)c1c(C)[nH]c(C(=O)N[C@H](C)[C@@H]2C[C@H]3CC[C@H]2C3)c1C. The van der Waals surface area contributed by atoms with Crippen LogP contribution in [0.3, 0.4) is 0 Å². The Morgan fingerprint density at radius 2 is 2.04 bits per heavy atom. The van der Waals surface area contributed by atoms with Gasteiger partial charge in [-0.1, -0.05) is 6.42 Å². The summed E-state index contributed by atoms with van der Waals surface area (Å²) in [7, 11) is 0. The maximum Gasteiger partial charge on any atom is 0.340 e. The molecule has 0 saturated heterocycles. The van der Waals surface area contributed by atoms with Crippen molar-refractivity contribution < 1.29 is 14.3 Å². The molecule has 5 nitrogen and oxygen atoms in total. The van der Waals surface area contributed by atoms with Crippen LogP contribution in [0.25, 0.3) is 0 Å². The maximum absolute atomic E-state index is 12.7. The Morgan fingerprint density at radius 1 is 1.29 bits per heavy atom. The van der Waals surface area contributed by atoms with E-state index in [2.05, 4.69) is 17.2 Å². The number of hydrogen-bond donors (Lipinski definition) is 2. The fourth-order valence-electron chi connectivity index (χ4n) is 4.78. The van der Waals surface area contributed by atoms with Crippen LogP contribution in [0.2, 0.25) is 0 Å². The van der Waals surface area contributed by atoms with Crippen molar-refractivity contribution >= 4 is 11.9 Å². The summed E-state index contributed by atoms with van der Waals surface area (Å²) in [5.74, 6) is 1.73. The minimum Gasteiger partial charge on any atom is -0.462 e. The summed E-state index contributed by atoms with van der Waals surface area (Å²) in [6.45, 7) is 7.81. The average Bonchev–Trinajstić information content (AvgIpc) is 3.21. The summed E-state index contributed by atoms with van der Waals surface area (Å²) in [5, 5.41) is 3.15. The Balaban J connectivity index is 1.71. The molecule has 2 N–H and O–H groups in total. The Bertz CT molecular complexity index is 649. The lowest BCUT2D eigenvalue weighted by atomic mass is 9.84. The molecule has 3 rings (SSSR count). The van der Waals surface area contributed by atoms with Gasteiger partial charge >= 0.3 is 5.97 Å². The summed E-state index contributed by atoms with van der Waals surface area (Å²) < 4.78 is 5.09. The fraction of sp³-hybridized carbons (Fsp3) is 0.684.